The predicted octanol–water partition coefficient (Wildman–Crippen LogP) is -2.18. The molecule has 264 valence electrons. The molecule has 0 bridgehead atoms. The summed E-state index contributed by atoms with van der Waals surface area (Å²) in [4.78, 5) is 53.0. The Morgan fingerprint density at radius 2 is 1.68 bits per heavy atom. The Balaban J connectivity index is 1.92. The third-order valence-electron chi connectivity index (χ3n) is 6.81. The molecule has 0 spiro atoms. The lowest BCUT2D eigenvalue weighted by Crippen LogP contribution is -2.61. The second kappa shape index (κ2) is 21.9. The standard InChI is InChI=1S/C30H47N5O12/c1-3-8-42-10-12-44-14-15-45-13-11-43-9-4-5-21(37)18-46-26(23(38)17-33-28(39)20-6-7-20)27-25(34-19(2)36)22(35-30(31)32)16-24(47-27)29(40)41/h1,16,20,22-23,25-27,38H,4-15,17-18H2,2H3,(H,33,39)(H,34,36)(H,40,41)(H4,31,32,35)/t22-,23+,25+,26+,27+/m0/s1. The van der Waals surface area contributed by atoms with Crippen LogP contribution in [-0.4, -0.2) is 136 Å². The van der Waals surface area contributed by atoms with Crippen molar-refractivity contribution in [2.75, 3.05) is 66.0 Å². The number of aliphatic hydroxyl groups excluding tert-OH is 1. The maximum Gasteiger partial charge on any atom is 0.370 e. The highest BCUT2D eigenvalue weighted by molar-refractivity contribution is 5.85. The van der Waals surface area contributed by atoms with Gasteiger partial charge in [-0.25, -0.2) is 9.79 Å². The van der Waals surface area contributed by atoms with Crippen molar-refractivity contribution in [3.8, 4) is 12.3 Å². The number of hydrogen-bond donors (Lipinski definition) is 6. The van der Waals surface area contributed by atoms with Crippen LogP contribution in [0.15, 0.2) is 16.8 Å². The molecule has 2 rings (SSSR count). The van der Waals surface area contributed by atoms with Crippen molar-refractivity contribution < 1.29 is 57.8 Å². The fourth-order valence-corrected chi connectivity index (χ4v) is 4.46. The summed E-state index contributed by atoms with van der Waals surface area (Å²) >= 11 is 0. The molecule has 17 nitrogen and oxygen atoms in total. The minimum Gasteiger partial charge on any atom is -0.478 e. The third-order valence-corrected chi connectivity index (χ3v) is 6.81. The van der Waals surface area contributed by atoms with Gasteiger partial charge < -0.3 is 60.7 Å². The first kappa shape index (κ1) is 39.4. The number of rotatable bonds is 25. The van der Waals surface area contributed by atoms with Gasteiger partial charge in [0.05, 0.1) is 51.7 Å². The molecule has 0 aromatic rings. The van der Waals surface area contributed by atoms with Crippen LogP contribution in [0.3, 0.4) is 0 Å². The number of hydrogen-bond acceptors (Lipinski definition) is 12. The zero-order valence-corrected chi connectivity index (χ0v) is 26.6. The number of aliphatic hydroxyl groups is 1. The van der Waals surface area contributed by atoms with Crippen molar-refractivity contribution in [2.45, 2.75) is 63.0 Å². The first-order valence-electron chi connectivity index (χ1n) is 15.3. The molecule has 0 radical (unpaired) electrons. The molecule has 0 saturated heterocycles. The Hall–Kier alpha value is -3.79. The van der Waals surface area contributed by atoms with Gasteiger partial charge in [-0.3, -0.25) is 14.4 Å². The normalized spacial score (nSPS) is 20.1. The largest absolute Gasteiger partial charge is 0.478 e. The van der Waals surface area contributed by atoms with E-state index in [1.165, 1.54) is 6.92 Å². The molecule has 1 fully saturated rings. The Bertz CT molecular complexity index is 1120. The number of carbonyl (C=O) groups excluding carboxylic acids is 3. The molecule has 17 heteroatoms. The van der Waals surface area contributed by atoms with Gasteiger partial charge in [0, 0.05) is 32.4 Å². The lowest BCUT2D eigenvalue weighted by Gasteiger charge is -2.40. The summed E-state index contributed by atoms with van der Waals surface area (Å²) in [7, 11) is 0. The van der Waals surface area contributed by atoms with Crippen LogP contribution >= 0.6 is 0 Å². The molecule has 5 atom stereocenters. The van der Waals surface area contributed by atoms with E-state index in [-0.39, 0.29) is 43.8 Å². The number of nitrogens with two attached hydrogens (primary N) is 2. The van der Waals surface area contributed by atoms with Crippen LogP contribution in [0.5, 0.6) is 0 Å². The first-order chi connectivity index (χ1) is 22.5. The van der Waals surface area contributed by atoms with Crippen LogP contribution in [0.4, 0.5) is 0 Å². The molecule has 2 amide bonds. The summed E-state index contributed by atoms with van der Waals surface area (Å²) in [5.41, 5.74) is 11.1. The van der Waals surface area contributed by atoms with E-state index >= 15 is 0 Å². The number of carboxylic acid groups (broad SMARTS) is 1. The fourth-order valence-electron chi connectivity index (χ4n) is 4.46. The molecular formula is C30H47N5O12. The van der Waals surface area contributed by atoms with Gasteiger partial charge in [-0.1, -0.05) is 5.92 Å². The number of terminal acetylenes is 1. The van der Waals surface area contributed by atoms with Crippen LogP contribution in [-0.2, 0) is 47.6 Å². The zero-order chi connectivity index (χ0) is 34.6. The SMILES string of the molecule is C#CCOCCOCCOCCOCCCC(=O)CO[C@@H]([C@@H]1OC(C(=O)O)=C[C@H](N=C(N)N)[C@H]1NC(C)=O)[C@H](O)CNC(=O)C1CC1. The van der Waals surface area contributed by atoms with E-state index in [0.29, 0.717) is 46.1 Å². The van der Waals surface area contributed by atoms with Gasteiger partial charge in [-0.2, -0.15) is 0 Å². The Morgan fingerprint density at radius 1 is 1.06 bits per heavy atom. The summed E-state index contributed by atoms with van der Waals surface area (Å²) in [5, 5.41) is 26.0. The topological polar surface area (TPSA) is 253 Å². The van der Waals surface area contributed by atoms with Crippen molar-refractivity contribution in [3.63, 3.8) is 0 Å². The molecular weight excluding hydrogens is 622 g/mol. The van der Waals surface area contributed by atoms with Crippen molar-refractivity contribution in [1.29, 1.82) is 0 Å². The van der Waals surface area contributed by atoms with Crippen LogP contribution in [0.25, 0.3) is 0 Å². The van der Waals surface area contributed by atoms with E-state index in [9.17, 15) is 29.4 Å². The molecule has 0 aromatic carbocycles. The number of nitrogens with zero attached hydrogens (tertiary/aromatic N) is 1. The van der Waals surface area contributed by atoms with Crippen LogP contribution in [0.2, 0.25) is 0 Å². The second-order valence-corrected chi connectivity index (χ2v) is 10.8. The molecule has 1 aliphatic carbocycles. The molecule has 1 heterocycles. The zero-order valence-electron chi connectivity index (χ0n) is 26.6. The van der Waals surface area contributed by atoms with E-state index in [0.717, 1.165) is 18.9 Å². The smallest absolute Gasteiger partial charge is 0.370 e. The molecule has 8 N–H and O–H groups in total. The maximum atomic E-state index is 12.7. The second-order valence-electron chi connectivity index (χ2n) is 10.8. The van der Waals surface area contributed by atoms with Crippen molar-refractivity contribution >= 4 is 29.5 Å². The fraction of sp³-hybridized carbons (Fsp3) is 0.700. The minimum absolute atomic E-state index is 0.0786. The Kier molecular flexibility index (Phi) is 18.4. The molecule has 2 aliphatic rings. The van der Waals surface area contributed by atoms with Gasteiger partial charge in [-0.05, 0) is 25.3 Å². The van der Waals surface area contributed by atoms with Gasteiger partial charge >= 0.3 is 5.97 Å². The molecule has 1 aliphatic heterocycles. The number of guanidine groups is 1. The van der Waals surface area contributed by atoms with Crippen molar-refractivity contribution in [1.82, 2.24) is 10.6 Å². The number of aliphatic carboxylic acids is 1. The average Bonchev–Trinajstić information content (AvgIpc) is 3.86. The molecule has 0 aromatic heterocycles. The van der Waals surface area contributed by atoms with Gasteiger partial charge in [0.1, 0.15) is 25.4 Å². The minimum atomic E-state index is -1.48. The van der Waals surface area contributed by atoms with E-state index in [1.54, 1.807) is 0 Å². The van der Waals surface area contributed by atoms with Gasteiger partial charge in [0.25, 0.3) is 0 Å². The van der Waals surface area contributed by atoms with Crippen molar-refractivity contribution in [3.05, 3.63) is 11.8 Å². The highest BCUT2D eigenvalue weighted by Gasteiger charge is 2.45. The molecule has 47 heavy (non-hydrogen) atoms. The number of amides is 2. The van der Waals surface area contributed by atoms with Crippen molar-refractivity contribution in [2.24, 2.45) is 22.4 Å². The Morgan fingerprint density at radius 3 is 2.23 bits per heavy atom. The highest BCUT2D eigenvalue weighted by atomic mass is 16.6. The van der Waals surface area contributed by atoms with Gasteiger partial charge in [0.15, 0.2) is 17.8 Å². The summed E-state index contributed by atoms with van der Waals surface area (Å²) in [5.74, 6) is -1.31. The summed E-state index contributed by atoms with van der Waals surface area (Å²) in [6.07, 6.45) is 3.86. The maximum absolute atomic E-state index is 12.7. The lowest BCUT2D eigenvalue weighted by molar-refractivity contribution is -0.155. The number of ketones is 1. The van der Waals surface area contributed by atoms with Crippen LogP contribution < -0.4 is 22.1 Å². The average molecular weight is 670 g/mol. The van der Waals surface area contributed by atoms with E-state index in [2.05, 4.69) is 21.5 Å². The van der Waals surface area contributed by atoms with E-state index in [4.69, 9.17) is 46.3 Å². The summed E-state index contributed by atoms with van der Waals surface area (Å²) in [6, 6.07) is -2.22. The third kappa shape index (κ3) is 16.0. The van der Waals surface area contributed by atoms with Gasteiger partial charge in [-0.15, -0.1) is 6.42 Å². The predicted molar refractivity (Wildman–Crippen MR) is 166 cm³/mol. The molecule has 0 unspecified atom stereocenters. The summed E-state index contributed by atoms with van der Waals surface area (Å²) < 4.78 is 32.8. The lowest BCUT2D eigenvalue weighted by atomic mass is 9.91. The molecule has 1 saturated carbocycles. The number of aliphatic imine (C=N–C) groups is 1. The Labute approximate surface area is 273 Å². The van der Waals surface area contributed by atoms with E-state index < -0.39 is 60.6 Å². The summed E-state index contributed by atoms with van der Waals surface area (Å²) in [6.45, 7) is 3.23. The number of carboxylic acids is 1. The quantitative estimate of drug-likeness (QED) is 0.0262. The monoisotopic (exact) mass is 669 g/mol. The van der Waals surface area contributed by atoms with Crippen LogP contribution in [0, 0.1) is 18.3 Å². The highest BCUT2D eigenvalue weighted by Crippen LogP contribution is 2.29. The number of carbonyl (C=O) groups is 4. The van der Waals surface area contributed by atoms with Crippen LogP contribution in [0.1, 0.15) is 32.6 Å². The first-order valence-corrected chi connectivity index (χ1v) is 15.3. The number of ether oxygens (including phenoxy) is 6. The number of nitrogens with one attached hydrogen (secondary N) is 2. The van der Waals surface area contributed by atoms with Gasteiger partial charge in [0.2, 0.25) is 17.6 Å². The van der Waals surface area contributed by atoms with E-state index in [1.807, 2.05) is 0 Å². The number of Topliss-reactive ketones (excluding diaryl/α,β-unsaturated/α-hetero) is 1.